The molecule has 0 aliphatic carbocycles. The van der Waals surface area contributed by atoms with Gasteiger partial charge in [-0.1, -0.05) is 91.0 Å². The highest BCUT2D eigenvalue weighted by Gasteiger charge is 2.51. The molecule has 3 aromatic carbocycles. The molecule has 0 radical (unpaired) electrons. The maximum absolute atomic E-state index is 13.2. The van der Waals surface area contributed by atoms with E-state index in [4.69, 9.17) is 16.2 Å². The number of hydrogen-bond acceptors (Lipinski definition) is 4. The highest BCUT2D eigenvalue weighted by molar-refractivity contribution is 5.89. The Bertz CT molecular complexity index is 988. The molecule has 3 rings (SSSR count). The van der Waals surface area contributed by atoms with Gasteiger partial charge in [0.15, 0.2) is 0 Å². The topological polar surface area (TPSA) is 112 Å². The molecule has 0 saturated heterocycles. The number of hydrogen-bond donors (Lipinski definition) is 2. The van der Waals surface area contributed by atoms with E-state index in [9.17, 15) is 14.4 Å². The number of nitrogens with two attached hydrogens (primary N) is 2. The van der Waals surface area contributed by atoms with Crippen molar-refractivity contribution >= 4 is 17.8 Å². The molecule has 3 aromatic rings. The summed E-state index contributed by atoms with van der Waals surface area (Å²) in [6.07, 6.45) is -0.0355. The molecule has 0 spiro atoms. The zero-order chi connectivity index (χ0) is 23.8. The van der Waals surface area contributed by atoms with Crippen LogP contribution in [0.15, 0.2) is 91.0 Å². The molecular weight excluding hydrogens is 416 g/mol. The second-order valence-corrected chi connectivity index (χ2v) is 7.91. The summed E-state index contributed by atoms with van der Waals surface area (Å²) in [6, 6.07) is 28.4. The molecule has 4 N–H and O–H groups in total. The Morgan fingerprint density at radius 1 is 0.727 bits per heavy atom. The molecule has 33 heavy (non-hydrogen) atoms. The third kappa shape index (κ3) is 4.80. The van der Waals surface area contributed by atoms with E-state index in [1.54, 1.807) is 0 Å². The van der Waals surface area contributed by atoms with E-state index in [-0.39, 0.29) is 12.8 Å². The summed E-state index contributed by atoms with van der Waals surface area (Å²) >= 11 is 0. The Morgan fingerprint density at radius 3 is 1.42 bits per heavy atom. The van der Waals surface area contributed by atoms with Crippen LogP contribution in [0.25, 0.3) is 0 Å². The van der Waals surface area contributed by atoms with Crippen molar-refractivity contribution in [2.75, 3.05) is 7.11 Å². The number of esters is 1. The van der Waals surface area contributed by atoms with Gasteiger partial charge in [0.25, 0.3) is 0 Å². The fourth-order valence-corrected chi connectivity index (χ4v) is 4.70. The third-order valence-electron chi connectivity index (χ3n) is 6.12. The van der Waals surface area contributed by atoms with Gasteiger partial charge < -0.3 is 16.2 Å². The van der Waals surface area contributed by atoms with E-state index < -0.39 is 35.0 Å². The van der Waals surface area contributed by atoms with Gasteiger partial charge in [0.1, 0.15) is 0 Å². The summed E-state index contributed by atoms with van der Waals surface area (Å²) in [5.41, 5.74) is 13.1. The normalized spacial score (nSPS) is 13.0. The summed E-state index contributed by atoms with van der Waals surface area (Å²) in [5.74, 6) is -3.95. The lowest BCUT2D eigenvalue weighted by atomic mass is 9.57. The van der Waals surface area contributed by atoms with Gasteiger partial charge in [-0.2, -0.15) is 0 Å². The number of ether oxygens (including phenoxy) is 1. The van der Waals surface area contributed by atoms with Crippen LogP contribution in [0.4, 0.5) is 0 Å². The first kappa shape index (κ1) is 23.7. The van der Waals surface area contributed by atoms with E-state index in [1.807, 2.05) is 91.0 Å². The van der Waals surface area contributed by atoms with Gasteiger partial charge >= 0.3 is 5.97 Å². The largest absolute Gasteiger partial charge is 0.469 e. The predicted molar refractivity (Wildman–Crippen MR) is 126 cm³/mol. The number of carbonyl (C=O) groups is 3. The smallest absolute Gasteiger partial charge is 0.305 e. The van der Waals surface area contributed by atoms with Gasteiger partial charge in [-0.3, -0.25) is 14.4 Å². The van der Waals surface area contributed by atoms with Gasteiger partial charge in [-0.15, -0.1) is 0 Å². The molecule has 170 valence electrons. The highest BCUT2D eigenvalue weighted by atomic mass is 16.5. The van der Waals surface area contributed by atoms with Gasteiger partial charge in [0.05, 0.1) is 24.4 Å². The van der Waals surface area contributed by atoms with Crippen LogP contribution < -0.4 is 11.5 Å². The van der Waals surface area contributed by atoms with Gasteiger partial charge in [-0.25, -0.2) is 0 Å². The molecule has 0 aliphatic rings. The van der Waals surface area contributed by atoms with Crippen LogP contribution in [0.3, 0.4) is 0 Å². The molecule has 2 amide bonds. The zero-order valence-corrected chi connectivity index (χ0v) is 18.5. The monoisotopic (exact) mass is 444 g/mol. The molecule has 0 fully saturated rings. The van der Waals surface area contributed by atoms with Crippen LogP contribution in [-0.4, -0.2) is 24.9 Å². The Hall–Kier alpha value is -3.93. The van der Waals surface area contributed by atoms with Crippen molar-refractivity contribution in [2.24, 2.45) is 23.3 Å². The number of benzene rings is 3. The Kier molecular flexibility index (Phi) is 7.61. The third-order valence-corrected chi connectivity index (χ3v) is 6.12. The van der Waals surface area contributed by atoms with Crippen molar-refractivity contribution in [3.05, 3.63) is 108 Å². The average molecular weight is 445 g/mol. The summed E-state index contributed by atoms with van der Waals surface area (Å²) in [6.45, 7) is 0. The summed E-state index contributed by atoms with van der Waals surface area (Å²) < 4.78 is 4.75. The van der Waals surface area contributed by atoms with Crippen molar-refractivity contribution in [1.29, 1.82) is 0 Å². The van der Waals surface area contributed by atoms with E-state index in [1.165, 1.54) is 7.11 Å². The van der Waals surface area contributed by atoms with Crippen molar-refractivity contribution in [3.63, 3.8) is 0 Å². The summed E-state index contributed by atoms with van der Waals surface area (Å²) in [5, 5.41) is 0. The molecule has 0 aromatic heterocycles. The lowest BCUT2D eigenvalue weighted by Gasteiger charge is -2.43. The second kappa shape index (κ2) is 10.6. The highest BCUT2D eigenvalue weighted by Crippen LogP contribution is 2.48. The van der Waals surface area contributed by atoms with Gasteiger partial charge in [0.2, 0.25) is 11.8 Å². The number of primary amides is 2. The maximum atomic E-state index is 13.2. The molecule has 0 heterocycles. The van der Waals surface area contributed by atoms with Crippen LogP contribution in [-0.2, 0) is 24.5 Å². The molecule has 0 aliphatic heterocycles. The van der Waals surface area contributed by atoms with Crippen LogP contribution in [0.2, 0.25) is 0 Å². The molecule has 2 unspecified atom stereocenters. The van der Waals surface area contributed by atoms with Gasteiger partial charge in [0, 0.05) is 6.42 Å². The maximum Gasteiger partial charge on any atom is 0.305 e. The van der Waals surface area contributed by atoms with Crippen LogP contribution in [0, 0.1) is 11.8 Å². The second-order valence-electron chi connectivity index (χ2n) is 7.91. The van der Waals surface area contributed by atoms with E-state index in [0.29, 0.717) is 0 Å². The van der Waals surface area contributed by atoms with Crippen molar-refractivity contribution in [1.82, 2.24) is 0 Å². The van der Waals surface area contributed by atoms with Gasteiger partial charge in [-0.05, 0) is 23.1 Å². The summed E-state index contributed by atoms with van der Waals surface area (Å²) in [4.78, 5) is 37.9. The number of methoxy groups -OCH3 is 1. The van der Waals surface area contributed by atoms with E-state index in [2.05, 4.69) is 0 Å². The van der Waals surface area contributed by atoms with Crippen LogP contribution in [0.1, 0.15) is 29.5 Å². The fraction of sp³-hybridized carbons (Fsp3) is 0.222. The first-order valence-electron chi connectivity index (χ1n) is 10.7. The quantitative estimate of drug-likeness (QED) is 0.369. The van der Waals surface area contributed by atoms with Crippen LogP contribution >= 0.6 is 0 Å². The molecule has 0 saturated carbocycles. The SMILES string of the molecule is COC(=O)CCC(C(N)=O)C(C(N)=O)C(c1ccccc1)(c1ccccc1)c1ccccc1. The molecule has 0 bridgehead atoms. The van der Waals surface area contributed by atoms with Crippen molar-refractivity contribution in [2.45, 2.75) is 18.3 Å². The minimum atomic E-state index is -1.12. The van der Waals surface area contributed by atoms with Crippen LogP contribution in [0.5, 0.6) is 0 Å². The van der Waals surface area contributed by atoms with Crippen molar-refractivity contribution < 1.29 is 19.1 Å². The van der Waals surface area contributed by atoms with Crippen molar-refractivity contribution in [3.8, 4) is 0 Å². The average Bonchev–Trinajstić information content (AvgIpc) is 2.85. The predicted octanol–water partition coefficient (Wildman–Crippen LogP) is 3.18. The molecular formula is C27H28N2O4. The van der Waals surface area contributed by atoms with E-state index >= 15 is 0 Å². The first-order valence-corrected chi connectivity index (χ1v) is 10.7. The number of rotatable bonds is 10. The minimum absolute atomic E-state index is 0.0316. The molecule has 6 nitrogen and oxygen atoms in total. The number of carbonyl (C=O) groups excluding carboxylic acids is 3. The summed E-state index contributed by atoms with van der Waals surface area (Å²) in [7, 11) is 1.27. The Labute approximate surface area is 193 Å². The molecule has 2 atom stereocenters. The lowest BCUT2D eigenvalue weighted by molar-refractivity contribution is -0.142. The first-order chi connectivity index (χ1) is 15.9. The minimum Gasteiger partial charge on any atom is -0.469 e. The fourth-order valence-electron chi connectivity index (χ4n) is 4.70. The Balaban J connectivity index is 2.38. The lowest BCUT2D eigenvalue weighted by Crippen LogP contribution is -2.51. The Morgan fingerprint density at radius 2 is 1.12 bits per heavy atom. The van der Waals surface area contributed by atoms with E-state index in [0.717, 1.165) is 16.7 Å². The number of amides is 2. The zero-order valence-electron chi connectivity index (χ0n) is 18.5. The molecule has 6 heteroatoms. The standard InChI is InChI=1S/C27H28N2O4/c1-33-23(30)18-17-22(25(28)31)24(26(29)32)27(19-11-5-2-6-12-19,20-13-7-3-8-14-20)21-15-9-4-10-16-21/h2-16,22,24H,17-18H2,1H3,(H2,28,31)(H2,29,32).